The van der Waals surface area contributed by atoms with Crippen LogP contribution >= 0.6 is 0 Å². The van der Waals surface area contributed by atoms with Crippen molar-refractivity contribution in [2.45, 2.75) is 39.2 Å². The molecule has 0 saturated heterocycles. The summed E-state index contributed by atoms with van der Waals surface area (Å²) in [6, 6.07) is 27.7. The van der Waals surface area contributed by atoms with E-state index >= 15 is 0 Å². The van der Waals surface area contributed by atoms with Crippen molar-refractivity contribution in [3.05, 3.63) is 96.1 Å². The lowest BCUT2D eigenvalue weighted by molar-refractivity contribution is -0.143. The van der Waals surface area contributed by atoms with Gasteiger partial charge in [-0.15, -0.1) is 0 Å². The molecule has 4 rings (SSSR count). The van der Waals surface area contributed by atoms with Crippen molar-refractivity contribution in [3.63, 3.8) is 0 Å². The van der Waals surface area contributed by atoms with Gasteiger partial charge < -0.3 is 10.4 Å². The molecule has 0 bridgehead atoms. The summed E-state index contributed by atoms with van der Waals surface area (Å²) in [4.78, 5) is 25.4. The van der Waals surface area contributed by atoms with E-state index in [0.717, 1.165) is 32.7 Å². The van der Waals surface area contributed by atoms with Crippen LogP contribution in [0.15, 0.2) is 84.9 Å². The summed E-state index contributed by atoms with van der Waals surface area (Å²) >= 11 is 0. The van der Waals surface area contributed by atoms with Crippen LogP contribution in [0.5, 0.6) is 0 Å². The van der Waals surface area contributed by atoms with Crippen molar-refractivity contribution in [3.8, 4) is 0 Å². The number of nitrogens with one attached hydrogen (secondary N) is 1. The molecule has 4 aromatic rings. The minimum absolute atomic E-state index is 0.163. The zero-order valence-electron chi connectivity index (χ0n) is 19.7. The van der Waals surface area contributed by atoms with Crippen LogP contribution in [0.2, 0.25) is 0 Å². The van der Waals surface area contributed by atoms with Gasteiger partial charge in [0.05, 0.1) is 0 Å². The van der Waals surface area contributed by atoms with Crippen molar-refractivity contribution in [2.24, 2.45) is 11.8 Å². The Hall–Kier alpha value is -3.66. The molecule has 4 aromatic carbocycles. The Morgan fingerprint density at radius 2 is 1.21 bits per heavy atom. The zero-order chi connectivity index (χ0) is 24.1. The van der Waals surface area contributed by atoms with Gasteiger partial charge in [0, 0.05) is 5.92 Å². The van der Waals surface area contributed by atoms with Gasteiger partial charge in [0.1, 0.15) is 6.04 Å². The summed E-state index contributed by atoms with van der Waals surface area (Å²) in [5.74, 6) is -1.44. The highest BCUT2D eigenvalue weighted by molar-refractivity contribution is 5.90. The lowest BCUT2D eigenvalue weighted by Gasteiger charge is -2.23. The Morgan fingerprint density at radius 1 is 0.735 bits per heavy atom. The van der Waals surface area contributed by atoms with Crippen LogP contribution in [-0.2, 0) is 22.4 Å². The Kier molecular flexibility index (Phi) is 7.27. The molecular weight excluding hydrogens is 422 g/mol. The molecule has 0 spiro atoms. The predicted molar refractivity (Wildman–Crippen MR) is 138 cm³/mol. The van der Waals surface area contributed by atoms with E-state index in [1.54, 1.807) is 0 Å². The van der Waals surface area contributed by atoms with Crippen LogP contribution in [0.25, 0.3) is 21.5 Å². The fraction of sp³-hybridized carbons (Fsp3) is 0.267. The smallest absolute Gasteiger partial charge is 0.326 e. The van der Waals surface area contributed by atoms with Crippen LogP contribution in [0.1, 0.15) is 31.4 Å². The Labute approximate surface area is 200 Å². The van der Waals surface area contributed by atoms with Crippen molar-refractivity contribution < 1.29 is 14.7 Å². The van der Waals surface area contributed by atoms with Gasteiger partial charge in [0.2, 0.25) is 5.91 Å². The molecule has 1 amide bonds. The highest BCUT2D eigenvalue weighted by Gasteiger charge is 2.27. The monoisotopic (exact) mass is 453 g/mol. The minimum atomic E-state index is -0.990. The number of carbonyl (C=O) groups excluding carboxylic acids is 1. The fourth-order valence-corrected chi connectivity index (χ4v) is 4.71. The number of benzene rings is 4. The topological polar surface area (TPSA) is 66.4 Å². The lowest BCUT2D eigenvalue weighted by atomic mass is 9.87. The van der Waals surface area contributed by atoms with Crippen LogP contribution < -0.4 is 5.32 Å². The van der Waals surface area contributed by atoms with Crippen molar-refractivity contribution >= 4 is 33.4 Å². The van der Waals surface area contributed by atoms with E-state index in [1.807, 2.05) is 50.2 Å². The Morgan fingerprint density at radius 3 is 1.68 bits per heavy atom. The molecule has 0 aromatic heterocycles. The van der Waals surface area contributed by atoms with Gasteiger partial charge in [0.15, 0.2) is 0 Å². The van der Waals surface area contributed by atoms with Gasteiger partial charge in [-0.05, 0) is 57.9 Å². The number of amides is 1. The van der Waals surface area contributed by atoms with Crippen LogP contribution in [0.3, 0.4) is 0 Å². The van der Waals surface area contributed by atoms with Gasteiger partial charge in [0.25, 0.3) is 0 Å². The van der Waals surface area contributed by atoms with Gasteiger partial charge in [-0.2, -0.15) is 0 Å². The molecule has 0 aliphatic rings. The zero-order valence-corrected chi connectivity index (χ0v) is 19.7. The van der Waals surface area contributed by atoms with Gasteiger partial charge >= 0.3 is 5.97 Å². The number of carbonyl (C=O) groups is 2. The number of fused-ring (bicyclic) bond motifs is 2. The summed E-state index contributed by atoms with van der Waals surface area (Å²) in [5.41, 5.74) is 2.18. The van der Waals surface area contributed by atoms with E-state index in [9.17, 15) is 14.7 Å². The number of hydrogen-bond acceptors (Lipinski definition) is 2. The second-order valence-corrected chi connectivity index (χ2v) is 9.41. The fourth-order valence-electron chi connectivity index (χ4n) is 4.71. The Balaban J connectivity index is 1.69. The molecule has 34 heavy (non-hydrogen) atoms. The SMILES string of the molecule is CC(C)C[C@H](NC(=O)C(Cc1cccc2ccccc12)Cc1cccc2ccccc12)C(=O)O. The number of hydrogen-bond donors (Lipinski definition) is 2. The number of rotatable bonds is 9. The van der Waals surface area contributed by atoms with E-state index in [1.165, 1.54) is 0 Å². The summed E-state index contributed by atoms with van der Waals surface area (Å²) in [6.07, 6.45) is 1.46. The van der Waals surface area contributed by atoms with Crippen molar-refractivity contribution in [1.29, 1.82) is 0 Å². The number of carboxylic acids is 1. The molecule has 0 aliphatic heterocycles. The highest BCUT2D eigenvalue weighted by atomic mass is 16.4. The third-order valence-electron chi connectivity index (χ3n) is 6.38. The van der Waals surface area contributed by atoms with E-state index in [-0.39, 0.29) is 11.8 Å². The molecular formula is C30H31NO3. The predicted octanol–water partition coefficient (Wildman–Crippen LogP) is 6.01. The molecule has 1 atom stereocenters. The normalized spacial score (nSPS) is 12.4. The molecule has 174 valence electrons. The second kappa shape index (κ2) is 10.5. The molecule has 0 fully saturated rings. The molecule has 2 N–H and O–H groups in total. The quantitative estimate of drug-likeness (QED) is 0.326. The summed E-state index contributed by atoms with van der Waals surface area (Å²) in [6.45, 7) is 3.93. The second-order valence-electron chi connectivity index (χ2n) is 9.41. The first kappa shape index (κ1) is 23.5. The molecule has 4 nitrogen and oxygen atoms in total. The van der Waals surface area contributed by atoms with Crippen LogP contribution in [0.4, 0.5) is 0 Å². The van der Waals surface area contributed by atoms with Crippen LogP contribution in [-0.4, -0.2) is 23.0 Å². The standard InChI is InChI=1S/C30H31NO3/c1-20(2)17-28(30(33)34)31-29(32)25(18-23-13-7-11-21-9-3-5-15-26(21)23)19-24-14-8-12-22-10-4-6-16-27(22)24/h3-16,20,25,28H,17-19H2,1-2H3,(H,31,32)(H,33,34)/t28-/m0/s1. The summed E-state index contributed by atoms with van der Waals surface area (Å²) < 4.78 is 0. The number of aliphatic carboxylic acids is 1. The minimum Gasteiger partial charge on any atom is -0.480 e. The Bertz CT molecular complexity index is 1220. The van der Waals surface area contributed by atoms with E-state index in [4.69, 9.17) is 0 Å². The van der Waals surface area contributed by atoms with Gasteiger partial charge in [-0.25, -0.2) is 4.79 Å². The lowest BCUT2D eigenvalue weighted by Crippen LogP contribution is -2.45. The van der Waals surface area contributed by atoms with E-state index < -0.39 is 17.9 Å². The molecule has 0 saturated carbocycles. The third kappa shape index (κ3) is 5.45. The summed E-state index contributed by atoms with van der Waals surface area (Å²) in [5, 5.41) is 17.1. The molecule has 0 unspecified atom stereocenters. The largest absolute Gasteiger partial charge is 0.480 e. The van der Waals surface area contributed by atoms with Gasteiger partial charge in [-0.1, -0.05) is 98.8 Å². The van der Waals surface area contributed by atoms with Crippen LogP contribution in [0, 0.1) is 11.8 Å². The molecule has 0 heterocycles. The maximum absolute atomic E-state index is 13.5. The molecule has 0 radical (unpaired) electrons. The number of carboxylic acid groups (broad SMARTS) is 1. The van der Waals surface area contributed by atoms with Crippen molar-refractivity contribution in [2.75, 3.05) is 0 Å². The maximum atomic E-state index is 13.5. The third-order valence-corrected chi connectivity index (χ3v) is 6.38. The highest BCUT2D eigenvalue weighted by Crippen LogP contribution is 2.26. The average molecular weight is 454 g/mol. The first-order valence-electron chi connectivity index (χ1n) is 11.9. The van der Waals surface area contributed by atoms with E-state index in [2.05, 4.69) is 53.8 Å². The van der Waals surface area contributed by atoms with Crippen molar-refractivity contribution in [1.82, 2.24) is 5.32 Å². The summed E-state index contributed by atoms with van der Waals surface area (Å²) in [7, 11) is 0. The average Bonchev–Trinajstić information content (AvgIpc) is 2.83. The molecule has 0 aliphatic carbocycles. The maximum Gasteiger partial charge on any atom is 0.326 e. The molecule has 4 heteroatoms. The van der Waals surface area contributed by atoms with E-state index in [0.29, 0.717) is 19.3 Å². The first-order chi connectivity index (χ1) is 16.4. The van der Waals surface area contributed by atoms with Gasteiger partial charge in [-0.3, -0.25) is 4.79 Å². The first-order valence-corrected chi connectivity index (χ1v) is 11.9.